The van der Waals surface area contributed by atoms with Crippen LogP contribution in [0.3, 0.4) is 0 Å². The van der Waals surface area contributed by atoms with Crippen molar-refractivity contribution in [2.24, 2.45) is 7.05 Å². The lowest BCUT2D eigenvalue weighted by Crippen LogP contribution is -2.32. The molecule has 4 heterocycles. The highest BCUT2D eigenvalue weighted by atomic mass is 16.2. The first-order chi connectivity index (χ1) is 19.4. The third-order valence-corrected chi connectivity index (χ3v) is 6.89. The van der Waals surface area contributed by atoms with Crippen molar-refractivity contribution in [2.75, 3.05) is 0 Å². The molecule has 1 amide bonds. The largest absolute Gasteiger partial charge is 0.344 e. The second kappa shape index (κ2) is 10.1. The van der Waals surface area contributed by atoms with Gasteiger partial charge in [-0.15, -0.1) is 0 Å². The lowest BCUT2D eigenvalue weighted by molar-refractivity contribution is 0.0939. The van der Waals surface area contributed by atoms with Crippen LogP contribution in [0.1, 0.15) is 45.8 Å². The second-order valence-electron chi connectivity index (χ2n) is 9.68. The molecule has 9 heteroatoms. The zero-order valence-corrected chi connectivity index (χ0v) is 22.3. The Labute approximate surface area is 230 Å². The molecule has 9 nitrogen and oxygen atoms in total. The quantitative estimate of drug-likeness (QED) is 0.336. The Morgan fingerprint density at radius 1 is 1.05 bits per heavy atom. The number of carbonyl (C=O) groups excluding carboxylic acids is 1. The molecule has 1 N–H and O–H groups in total. The maximum atomic E-state index is 14.2. The zero-order valence-electron chi connectivity index (χ0n) is 22.3. The van der Waals surface area contributed by atoms with E-state index in [4.69, 9.17) is 0 Å². The van der Waals surface area contributed by atoms with Crippen molar-refractivity contribution >= 4 is 34.5 Å². The molecule has 0 aliphatic carbocycles. The number of amides is 1. The van der Waals surface area contributed by atoms with E-state index in [9.17, 15) is 9.59 Å². The SMILES string of the molecule is Cc1nn2cccnc2c1C(=O)NC(C)c1cc2cccc(/C=C\c3cnn(C)c3)c2c(=O)n1-c1ccccc1. The average molecular weight is 530 g/mol. The van der Waals surface area contributed by atoms with E-state index in [0.717, 1.165) is 16.5 Å². The monoisotopic (exact) mass is 529 g/mol. The standard InChI is InChI=1S/C31H27N7O2/c1-20(34-30(39)27-21(2)35-37-16-8-15-32-29(27)37)26-17-24-10-7-9-23(14-13-22-18-33-36(3)19-22)28(24)31(40)38(26)25-11-5-4-6-12-25/h4-20H,1-3H3,(H,34,39)/b14-13-. The van der Waals surface area contributed by atoms with Gasteiger partial charge in [-0.1, -0.05) is 48.6 Å². The van der Waals surface area contributed by atoms with Crippen LogP contribution in [0.15, 0.2) is 90.2 Å². The van der Waals surface area contributed by atoms with Gasteiger partial charge in [0.1, 0.15) is 5.56 Å². The third kappa shape index (κ3) is 4.47. The predicted octanol–water partition coefficient (Wildman–Crippen LogP) is 4.74. The number of hydrogen-bond donors (Lipinski definition) is 1. The van der Waals surface area contributed by atoms with Crippen molar-refractivity contribution in [2.45, 2.75) is 19.9 Å². The Kier molecular flexibility index (Phi) is 6.31. The van der Waals surface area contributed by atoms with Crippen molar-refractivity contribution in [3.05, 3.63) is 124 Å². The number of hydrogen-bond acceptors (Lipinski definition) is 5. The summed E-state index contributed by atoms with van der Waals surface area (Å²) in [5.41, 5.74) is 4.41. The number of benzene rings is 2. The number of carbonyl (C=O) groups is 1. The average Bonchev–Trinajstić information content (AvgIpc) is 3.53. The normalized spacial score (nSPS) is 12.4. The summed E-state index contributed by atoms with van der Waals surface area (Å²) < 4.78 is 5.00. The van der Waals surface area contributed by atoms with E-state index < -0.39 is 6.04 Å². The van der Waals surface area contributed by atoms with E-state index in [1.54, 1.807) is 45.3 Å². The Balaban J connectivity index is 1.46. The van der Waals surface area contributed by atoms with E-state index in [-0.39, 0.29) is 11.5 Å². The molecule has 0 aliphatic rings. The molecule has 40 heavy (non-hydrogen) atoms. The Hall–Kier alpha value is -5.31. The summed E-state index contributed by atoms with van der Waals surface area (Å²) in [6.07, 6.45) is 10.9. The van der Waals surface area contributed by atoms with Crippen LogP contribution >= 0.6 is 0 Å². The topological polar surface area (TPSA) is 99.1 Å². The van der Waals surface area contributed by atoms with Crippen molar-refractivity contribution in [3.8, 4) is 5.69 Å². The minimum Gasteiger partial charge on any atom is -0.344 e. The summed E-state index contributed by atoms with van der Waals surface area (Å²) in [7, 11) is 1.86. The highest BCUT2D eigenvalue weighted by Gasteiger charge is 2.23. The maximum Gasteiger partial charge on any atom is 0.263 e. The van der Waals surface area contributed by atoms with E-state index in [1.807, 2.05) is 86.9 Å². The number of rotatable bonds is 6. The molecule has 0 saturated heterocycles. The maximum absolute atomic E-state index is 14.2. The Morgan fingerprint density at radius 2 is 1.88 bits per heavy atom. The van der Waals surface area contributed by atoms with E-state index in [0.29, 0.717) is 33.7 Å². The Morgan fingerprint density at radius 3 is 2.65 bits per heavy atom. The first-order valence-corrected chi connectivity index (χ1v) is 12.9. The van der Waals surface area contributed by atoms with Gasteiger partial charge in [0.05, 0.1) is 23.3 Å². The van der Waals surface area contributed by atoms with Gasteiger partial charge in [-0.25, -0.2) is 9.50 Å². The minimum absolute atomic E-state index is 0.167. The van der Waals surface area contributed by atoms with Gasteiger partial charge in [-0.2, -0.15) is 10.2 Å². The van der Waals surface area contributed by atoms with Gasteiger partial charge >= 0.3 is 0 Å². The molecule has 198 valence electrons. The minimum atomic E-state index is -0.502. The molecular weight excluding hydrogens is 502 g/mol. The van der Waals surface area contributed by atoms with Gasteiger partial charge in [0.15, 0.2) is 5.65 Å². The van der Waals surface area contributed by atoms with Crippen molar-refractivity contribution < 1.29 is 4.79 Å². The lowest BCUT2D eigenvalue weighted by atomic mass is 10.0. The number of pyridine rings is 1. The van der Waals surface area contributed by atoms with Crippen LogP contribution in [-0.4, -0.2) is 34.9 Å². The second-order valence-corrected chi connectivity index (χ2v) is 9.68. The van der Waals surface area contributed by atoms with Gasteiger partial charge in [0.2, 0.25) is 0 Å². The molecule has 0 saturated carbocycles. The van der Waals surface area contributed by atoms with Gasteiger partial charge in [0, 0.05) is 42.6 Å². The summed E-state index contributed by atoms with van der Waals surface area (Å²) in [5.74, 6) is -0.306. The number of para-hydroxylation sites is 1. The number of nitrogens with one attached hydrogen (secondary N) is 1. The fourth-order valence-electron chi connectivity index (χ4n) is 5.03. The molecule has 0 bridgehead atoms. The molecular formula is C31H27N7O2. The van der Waals surface area contributed by atoms with Crippen molar-refractivity contribution in [3.63, 3.8) is 0 Å². The number of aryl methyl sites for hydroxylation is 2. The first kappa shape index (κ1) is 25.0. The predicted molar refractivity (Wildman–Crippen MR) is 155 cm³/mol. The summed E-state index contributed by atoms with van der Waals surface area (Å²) in [6.45, 7) is 3.66. The van der Waals surface area contributed by atoms with Crippen LogP contribution < -0.4 is 10.9 Å². The molecule has 1 unspecified atom stereocenters. The van der Waals surface area contributed by atoms with Gasteiger partial charge in [-0.3, -0.25) is 18.8 Å². The molecule has 1 atom stereocenters. The van der Waals surface area contributed by atoms with Crippen LogP contribution in [0, 0.1) is 6.92 Å². The lowest BCUT2D eigenvalue weighted by Gasteiger charge is -2.21. The molecule has 0 spiro atoms. The molecule has 0 aliphatic heterocycles. The molecule has 0 fully saturated rings. The van der Waals surface area contributed by atoms with Crippen molar-refractivity contribution in [1.82, 2.24) is 34.3 Å². The summed E-state index contributed by atoms with van der Waals surface area (Å²) >= 11 is 0. The molecule has 2 aromatic carbocycles. The highest BCUT2D eigenvalue weighted by molar-refractivity contribution is 6.01. The van der Waals surface area contributed by atoms with E-state index in [2.05, 4.69) is 20.5 Å². The molecule has 0 radical (unpaired) electrons. The van der Waals surface area contributed by atoms with Crippen molar-refractivity contribution in [1.29, 1.82) is 0 Å². The molecule has 6 aromatic rings. The van der Waals surface area contributed by atoms with Gasteiger partial charge < -0.3 is 5.32 Å². The Bertz CT molecular complexity index is 1970. The third-order valence-electron chi connectivity index (χ3n) is 6.89. The fourth-order valence-corrected chi connectivity index (χ4v) is 5.03. The van der Waals surface area contributed by atoms with Crippen LogP contribution in [0.2, 0.25) is 0 Å². The highest BCUT2D eigenvalue weighted by Crippen LogP contribution is 2.25. The van der Waals surface area contributed by atoms with Crippen LogP contribution in [0.25, 0.3) is 34.3 Å². The summed E-state index contributed by atoms with van der Waals surface area (Å²) in [5, 5.41) is 13.1. The molecule has 4 aromatic heterocycles. The first-order valence-electron chi connectivity index (χ1n) is 12.9. The zero-order chi connectivity index (χ0) is 27.8. The van der Waals surface area contributed by atoms with Gasteiger partial charge in [-0.05, 0) is 49.1 Å². The summed E-state index contributed by atoms with van der Waals surface area (Å²) in [6, 6.07) is 18.5. The van der Waals surface area contributed by atoms with Crippen LogP contribution in [0.5, 0.6) is 0 Å². The van der Waals surface area contributed by atoms with E-state index >= 15 is 0 Å². The smallest absolute Gasteiger partial charge is 0.263 e. The van der Waals surface area contributed by atoms with Crippen LogP contribution in [-0.2, 0) is 7.05 Å². The number of nitrogens with zero attached hydrogens (tertiary/aromatic N) is 6. The van der Waals surface area contributed by atoms with Gasteiger partial charge in [0.25, 0.3) is 11.5 Å². The van der Waals surface area contributed by atoms with E-state index in [1.165, 1.54) is 0 Å². The molecule has 6 rings (SSSR count). The fraction of sp³-hybridized carbons (Fsp3) is 0.129. The number of aromatic nitrogens is 6. The number of fused-ring (bicyclic) bond motifs is 2. The summed E-state index contributed by atoms with van der Waals surface area (Å²) in [4.78, 5) is 32.0. The van der Waals surface area contributed by atoms with Crippen LogP contribution in [0.4, 0.5) is 0 Å².